The summed E-state index contributed by atoms with van der Waals surface area (Å²) >= 11 is 0. The van der Waals surface area contributed by atoms with Gasteiger partial charge in [0.2, 0.25) is 5.91 Å². The van der Waals surface area contributed by atoms with E-state index in [1.165, 1.54) is 37.1 Å². The molecule has 0 aromatic heterocycles. The van der Waals surface area contributed by atoms with E-state index in [0.717, 1.165) is 6.54 Å². The maximum Gasteiger partial charge on any atom is 0.225 e. The van der Waals surface area contributed by atoms with E-state index in [1.54, 1.807) is 0 Å². The van der Waals surface area contributed by atoms with Crippen molar-refractivity contribution in [3.8, 4) is 0 Å². The highest BCUT2D eigenvalue weighted by Crippen LogP contribution is 2.17. The summed E-state index contributed by atoms with van der Waals surface area (Å²) in [5.41, 5.74) is 2.24. The lowest BCUT2D eigenvalue weighted by Gasteiger charge is -2.20. The molecule has 20 heavy (non-hydrogen) atoms. The van der Waals surface area contributed by atoms with Crippen LogP contribution in [0.25, 0.3) is 0 Å². The first-order valence-electron chi connectivity index (χ1n) is 7.54. The molecule has 3 heteroatoms. The second kappa shape index (κ2) is 6.40. The van der Waals surface area contributed by atoms with Gasteiger partial charge in [-0.1, -0.05) is 45.0 Å². The van der Waals surface area contributed by atoms with Crippen molar-refractivity contribution in [2.45, 2.75) is 46.7 Å². The Labute approximate surface area is 122 Å². The molecule has 3 nitrogen and oxygen atoms in total. The van der Waals surface area contributed by atoms with Crippen LogP contribution in [-0.4, -0.2) is 23.9 Å². The Morgan fingerprint density at radius 3 is 2.35 bits per heavy atom. The van der Waals surface area contributed by atoms with Crippen molar-refractivity contribution < 1.29 is 4.79 Å². The Hall–Kier alpha value is -1.35. The summed E-state index contributed by atoms with van der Waals surface area (Å²) in [6.45, 7) is 9.85. The van der Waals surface area contributed by atoms with Gasteiger partial charge in [0, 0.05) is 18.5 Å². The molecular formula is C17H26N2O. The lowest BCUT2D eigenvalue weighted by atomic mass is 9.95. The van der Waals surface area contributed by atoms with Crippen molar-refractivity contribution in [3.63, 3.8) is 0 Å². The van der Waals surface area contributed by atoms with Crippen LogP contribution >= 0.6 is 0 Å². The van der Waals surface area contributed by atoms with Crippen molar-refractivity contribution in [3.05, 3.63) is 35.4 Å². The van der Waals surface area contributed by atoms with Gasteiger partial charge in [0.05, 0.1) is 0 Å². The number of rotatable bonds is 4. The number of hydrogen-bond acceptors (Lipinski definition) is 2. The minimum Gasteiger partial charge on any atom is -0.352 e. The molecule has 1 aromatic rings. The predicted molar refractivity (Wildman–Crippen MR) is 82.3 cm³/mol. The molecule has 1 saturated heterocycles. The van der Waals surface area contributed by atoms with Crippen molar-refractivity contribution in [2.24, 2.45) is 5.41 Å². The zero-order valence-corrected chi connectivity index (χ0v) is 12.9. The molecule has 0 bridgehead atoms. The highest BCUT2D eigenvalue weighted by molar-refractivity contribution is 5.81. The van der Waals surface area contributed by atoms with E-state index in [4.69, 9.17) is 0 Å². The summed E-state index contributed by atoms with van der Waals surface area (Å²) in [5, 5.41) is 3.05. The molecule has 1 aliphatic heterocycles. The monoisotopic (exact) mass is 274 g/mol. The van der Waals surface area contributed by atoms with E-state index in [2.05, 4.69) is 28.4 Å². The fourth-order valence-electron chi connectivity index (χ4n) is 2.51. The van der Waals surface area contributed by atoms with E-state index in [0.29, 0.717) is 6.54 Å². The van der Waals surface area contributed by atoms with Crippen LogP contribution in [0.4, 0.5) is 0 Å². The summed E-state index contributed by atoms with van der Waals surface area (Å²) in [6.07, 6.45) is 2.62. The van der Waals surface area contributed by atoms with Crippen molar-refractivity contribution in [1.82, 2.24) is 10.2 Å². The summed E-state index contributed by atoms with van der Waals surface area (Å²) < 4.78 is 0. The van der Waals surface area contributed by atoms with Gasteiger partial charge in [-0.25, -0.2) is 0 Å². The predicted octanol–water partition coefficient (Wildman–Crippen LogP) is 2.94. The molecule has 1 aliphatic rings. The second-order valence-electron chi connectivity index (χ2n) is 6.68. The number of carbonyl (C=O) groups is 1. The average molecular weight is 274 g/mol. The molecular weight excluding hydrogens is 248 g/mol. The third kappa shape index (κ3) is 4.07. The Morgan fingerprint density at radius 1 is 1.15 bits per heavy atom. The molecule has 110 valence electrons. The van der Waals surface area contributed by atoms with Gasteiger partial charge in [-0.05, 0) is 37.1 Å². The van der Waals surface area contributed by atoms with Gasteiger partial charge in [0.25, 0.3) is 0 Å². The molecule has 1 amide bonds. The number of likely N-dealkylation sites (tertiary alicyclic amines) is 1. The third-order valence-corrected chi connectivity index (χ3v) is 3.83. The molecule has 0 spiro atoms. The van der Waals surface area contributed by atoms with Crippen LogP contribution in [0.3, 0.4) is 0 Å². The van der Waals surface area contributed by atoms with E-state index in [9.17, 15) is 4.79 Å². The first-order chi connectivity index (χ1) is 9.47. The Balaban J connectivity index is 1.98. The van der Waals surface area contributed by atoms with Crippen LogP contribution < -0.4 is 5.32 Å². The van der Waals surface area contributed by atoms with Gasteiger partial charge < -0.3 is 5.32 Å². The van der Waals surface area contributed by atoms with E-state index >= 15 is 0 Å². The van der Waals surface area contributed by atoms with Crippen LogP contribution in [0, 0.1) is 5.41 Å². The SMILES string of the molecule is CC(C)(C)C(=O)NCc1ccccc1CN1CCCC1. The fourth-order valence-corrected chi connectivity index (χ4v) is 2.51. The maximum absolute atomic E-state index is 12.0. The van der Waals surface area contributed by atoms with Gasteiger partial charge in [-0.2, -0.15) is 0 Å². The fraction of sp³-hybridized carbons (Fsp3) is 0.588. The lowest BCUT2D eigenvalue weighted by molar-refractivity contribution is -0.128. The Bertz CT molecular complexity index is 456. The molecule has 0 aliphatic carbocycles. The maximum atomic E-state index is 12.0. The molecule has 1 fully saturated rings. The molecule has 0 saturated carbocycles. The summed E-state index contributed by atoms with van der Waals surface area (Å²) in [7, 11) is 0. The van der Waals surface area contributed by atoms with Gasteiger partial charge in [-0.3, -0.25) is 9.69 Å². The van der Waals surface area contributed by atoms with Gasteiger partial charge in [0.1, 0.15) is 0 Å². The lowest BCUT2D eigenvalue weighted by Crippen LogP contribution is -2.34. The molecule has 0 radical (unpaired) electrons. The van der Waals surface area contributed by atoms with Gasteiger partial charge in [-0.15, -0.1) is 0 Å². The van der Waals surface area contributed by atoms with E-state index in [1.807, 2.05) is 26.8 Å². The normalized spacial score (nSPS) is 16.4. The minimum atomic E-state index is -0.329. The summed E-state index contributed by atoms with van der Waals surface area (Å²) in [4.78, 5) is 14.5. The number of carbonyl (C=O) groups excluding carboxylic acids is 1. The van der Waals surface area contributed by atoms with Crippen LogP contribution in [-0.2, 0) is 17.9 Å². The van der Waals surface area contributed by atoms with E-state index < -0.39 is 0 Å². The Kier molecular flexibility index (Phi) is 4.81. The first-order valence-corrected chi connectivity index (χ1v) is 7.54. The topological polar surface area (TPSA) is 32.3 Å². The van der Waals surface area contributed by atoms with Gasteiger partial charge in [0.15, 0.2) is 0 Å². The molecule has 1 aromatic carbocycles. The molecule has 0 atom stereocenters. The third-order valence-electron chi connectivity index (χ3n) is 3.83. The quantitative estimate of drug-likeness (QED) is 0.915. The standard InChI is InChI=1S/C17H26N2O/c1-17(2,3)16(20)18-12-14-8-4-5-9-15(14)13-19-10-6-7-11-19/h4-5,8-9H,6-7,10-13H2,1-3H3,(H,18,20). The van der Waals surface area contributed by atoms with E-state index in [-0.39, 0.29) is 11.3 Å². The summed E-state index contributed by atoms with van der Waals surface area (Å²) in [5.74, 6) is 0.105. The zero-order valence-electron chi connectivity index (χ0n) is 12.9. The number of benzene rings is 1. The Morgan fingerprint density at radius 2 is 1.75 bits per heavy atom. The number of amides is 1. The van der Waals surface area contributed by atoms with Crippen molar-refractivity contribution >= 4 is 5.91 Å². The van der Waals surface area contributed by atoms with Gasteiger partial charge >= 0.3 is 0 Å². The molecule has 2 rings (SSSR count). The number of hydrogen-bond donors (Lipinski definition) is 1. The smallest absolute Gasteiger partial charge is 0.225 e. The van der Waals surface area contributed by atoms with Crippen LogP contribution in [0.2, 0.25) is 0 Å². The van der Waals surface area contributed by atoms with Crippen LogP contribution in [0.15, 0.2) is 24.3 Å². The second-order valence-corrected chi connectivity index (χ2v) is 6.68. The molecule has 1 N–H and O–H groups in total. The molecule has 0 unspecified atom stereocenters. The first kappa shape index (κ1) is 15.0. The summed E-state index contributed by atoms with van der Waals surface area (Å²) in [6, 6.07) is 8.43. The molecule has 1 heterocycles. The number of nitrogens with one attached hydrogen (secondary N) is 1. The average Bonchev–Trinajstić information content (AvgIpc) is 2.89. The van der Waals surface area contributed by atoms with Crippen LogP contribution in [0.5, 0.6) is 0 Å². The highest BCUT2D eigenvalue weighted by Gasteiger charge is 2.21. The van der Waals surface area contributed by atoms with Crippen molar-refractivity contribution in [1.29, 1.82) is 0 Å². The highest BCUT2D eigenvalue weighted by atomic mass is 16.2. The van der Waals surface area contributed by atoms with Crippen LogP contribution in [0.1, 0.15) is 44.7 Å². The number of nitrogens with zero attached hydrogens (tertiary/aromatic N) is 1. The minimum absolute atomic E-state index is 0.105. The zero-order chi connectivity index (χ0) is 14.6. The largest absolute Gasteiger partial charge is 0.352 e. The van der Waals surface area contributed by atoms with Crippen molar-refractivity contribution in [2.75, 3.05) is 13.1 Å².